The summed E-state index contributed by atoms with van der Waals surface area (Å²) in [6.45, 7) is 4.25. The van der Waals surface area contributed by atoms with Crippen molar-refractivity contribution in [2.24, 2.45) is 0 Å². The van der Waals surface area contributed by atoms with Gasteiger partial charge in [0.25, 0.3) is 5.91 Å². The van der Waals surface area contributed by atoms with Gasteiger partial charge in [-0.15, -0.1) is 11.3 Å². The highest BCUT2D eigenvalue weighted by Crippen LogP contribution is 2.33. The van der Waals surface area contributed by atoms with E-state index in [1.165, 1.54) is 24.8 Å². The number of nitrogens with zero attached hydrogens (tertiary/aromatic N) is 2. The van der Waals surface area contributed by atoms with Gasteiger partial charge in [-0.25, -0.2) is 4.98 Å². The van der Waals surface area contributed by atoms with Crippen molar-refractivity contribution < 1.29 is 14.3 Å². The fourth-order valence-electron chi connectivity index (χ4n) is 5.14. The van der Waals surface area contributed by atoms with Gasteiger partial charge in [-0.05, 0) is 82.2 Å². The van der Waals surface area contributed by atoms with Gasteiger partial charge in [-0.2, -0.15) is 0 Å². The Kier molecular flexibility index (Phi) is 7.87. The molecule has 1 amide bonds. The van der Waals surface area contributed by atoms with Crippen molar-refractivity contribution in [3.8, 4) is 27.7 Å². The molecule has 36 heavy (non-hydrogen) atoms. The predicted molar refractivity (Wildman–Crippen MR) is 145 cm³/mol. The van der Waals surface area contributed by atoms with E-state index in [2.05, 4.69) is 21.3 Å². The summed E-state index contributed by atoms with van der Waals surface area (Å²) in [5.74, 6) is 0.814. The van der Waals surface area contributed by atoms with Crippen molar-refractivity contribution >= 4 is 17.2 Å². The van der Waals surface area contributed by atoms with Gasteiger partial charge in [0.05, 0.1) is 30.2 Å². The summed E-state index contributed by atoms with van der Waals surface area (Å²) in [4.78, 5) is 18.2. The first-order valence-corrected chi connectivity index (χ1v) is 13.9. The van der Waals surface area contributed by atoms with Gasteiger partial charge in [0.15, 0.2) is 0 Å². The molecule has 1 saturated heterocycles. The molecule has 190 valence electrons. The summed E-state index contributed by atoms with van der Waals surface area (Å²) in [6, 6.07) is 9.96. The normalized spacial score (nSPS) is 17.7. The minimum Gasteiger partial charge on any atom is -0.497 e. The Morgan fingerprint density at radius 2 is 2.11 bits per heavy atom. The third kappa shape index (κ3) is 5.57. The Balaban J connectivity index is 1.38. The van der Waals surface area contributed by atoms with Crippen LogP contribution in [0.25, 0.3) is 22.0 Å². The van der Waals surface area contributed by atoms with Crippen LogP contribution in [0, 0.1) is 6.92 Å². The number of nitrogens with one attached hydrogen (secondary N) is 1. The molecule has 2 aliphatic rings. The van der Waals surface area contributed by atoms with E-state index >= 15 is 0 Å². The number of hydrogen-bond donors (Lipinski definition) is 1. The molecule has 1 N–H and O–H groups in total. The molecule has 1 fully saturated rings. The maximum Gasteiger partial charge on any atom is 0.253 e. The number of methoxy groups -OCH3 is 1. The zero-order valence-corrected chi connectivity index (χ0v) is 22.0. The van der Waals surface area contributed by atoms with Gasteiger partial charge in [0, 0.05) is 36.3 Å². The van der Waals surface area contributed by atoms with Crippen LogP contribution in [0.15, 0.2) is 47.4 Å². The molecule has 1 atom stereocenters. The van der Waals surface area contributed by atoms with Crippen LogP contribution in [0.4, 0.5) is 0 Å². The molecule has 1 aliphatic carbocycles. The van der Waals surface area contributed by atoms with Crippen LogP contribution < -0.4 is 10.1 Å². The number of thiazole rings is 1. The lowest BCUT2D eigenvalue weighted by Crippen LogP contribution is -2.25. The van der Waals surface area contributed by atoms with Gasteiger partial charge in [0.2, 0.25) is 0 Å². The molecule has 0 spiro atoms. The minimum absolute atomic E-state index is 0.0122. The van der Waals surface area contributed by atoms with Gasteiger partial charge >= 0.3 is 0 Å². The van der Waals surface area contributed by atoms with Crippen LogP contribution in [0.3, 0.4) is 0 Å². The number of aromatic nitrogens is 2. The first-order valence-electron chi connectivity index (χ1n) is 13.0. The van der Waals surface area contributed by atoms with E-state index in [0.29, 0.717) is 6.54 Å². The van der Waals surface area contributed by atoms with Crippen molar-refractivity contribution in [3.05, 3.63) is 58.6 Å². The molecule has 1 unspecified atom stereocenters. The zero-order valence-electron chi connectivity index (χ0n) is 21.2. The Morgan fingerprint density at radius 1 is 1.25 bits per heavy atom. The molecule has 5 rings (SSSR count). The third-order valence-corrected chi connectivity index (χ3v) is 8.13. The van der Waals surface area contributed by atoms with Crippen molar-refractivity contribution in [3.63, 3.8) is 0 Å². The lowest BCUT2D eigenvalue weighted by Gasteiger charge is -2.16. The largest absolute Gasteiger partial charge is 0.497 e. The number of benzene rings is 1. The number of carbonyl (C=O) groups excluding carboxylic acids is 1. The fourth-order valence-corrected chi connectivity index (χ4v) is 5.96. The quantitative estimate of drug-likeness (QED) is 0.342. The van der Waals surface area contributed by atoms with Crippen LogP contribution in [0.1, 0.15) is 61.0 Å². The first kappa shape index (κ1) is 24.8. The standard InChI is InChI=1S/C29H35N3O3S/c1-20-25(28(33)30-15-14-21-7-4-3-5-8-21)17-27(32(20)18-24-9-6-16-35-24)26-19-36-29(31-26)22-10-12-23(34-2)13-11-22/h7,10-13,17,19,24H,3-6,8-9,14-16,18H2,1-2H3,(H,30,33). The number of rotatable bonds is 9. The molecule has 1 aliphatic heterocycles. The number of amides is 1. The number of ether oxygens (including phenoxy) is 2. The zero-order chi connectivity index (χ0) is 24.9. The molecule has 6 nitrogen and oxygen atoms in total. The lowest BCUT2D eigenvalue weighted by atomic mass is 9.97. The maximum atomic E-state index is 13.2. The second-order valence-electron chi connectivity index (χ2n) is 9.65. The fraction of sp³-hybridized carbons (Fsp3) is 0.448. The molecular formula is C29H35N3O3S. The Morgan fingerprint density at radius 3 is 2.83 bits per heavy atom. The van der Waals surface area contributed by atoms with E-state index in [9.17, 15) is 4.79 Å². The van der Waals surface area contributed by atoms with E-state index < -0.39 is 0 Å². The van der Waals surface area contributed by atoms with Crippen LogP contribution in [-0.2, 0) is 11.3 Å². The molecule has 2 aromatic heterocycles. The second-order valence-corrected chi connectivity index (χ2v) is 10.5. The van der Waals surface area contributed by atoms with Crippen LogP contribution in [-0.4, -0.2) is 41.8 Å². The first-order chi connectivity index (χ1) is 17.6. The second kappa shape index (κ2) is 11.4. The Bertz CT molecular complexity index is 1220. The van der Waals surface area contributed by atoms with E-state index in [0.717, 1.165) is 77.8 Å². The number of allylic oxidation sites excluding steroid dienone is 1. The summed E-state index contributed by atoms with van der Waals surface area (Å²) in [5, 5.41) is 6.19. The molecule has 0 radical (unpaired) electrons. The molecule has 7 heteroatoms. The summed E-state index contributed by atoms with van der Waals surface area (Å²) < 4.78 is 13.5. The van der Waals surface area contributed by atoms with Crippen LogP contribution in [0.5, 0.6) is 5.75 Å². The maximum absolute atomic E-state index is 13.2. The van der Waals surface area contributed by atoms with Gasteiger partial charge < -0.3 is 19.4 Å². The molecule has 3 heterocycles. The van der Waals surface area contributed by atoms with E-state index in [4.69, 9.17) is 14.5 Å². The predicted octanol–water partition coefficient (Wildman–Crippen LogP) is 6.39. The Hall–Kier alpha value is -2.90. The molecular weight excluding hydrogens is 470 g/mol. The molecule has 1 aromatic carbocycles. The summed E-state index contributed by atoms with van der Waals surface area (Å²) in [5.41, 5.74) is 6.07. The van der Waals surface area contributed by atoms with Crippen molar-refractivity contribution in [1.82, 2.24) is 14.9 Å². The monoisotopic (exact) mass is 505 g/mol. The summed E-state index contributed by atoms with van der Waals surface area (Å²) >= 11 is 1.61. The lowest BCUT2D eigenvalue weighted by molar-refractivity contribution is 0.0941. The summed E-state index contributed by atoms with van der Waals surface area (Å²) in [6.07, 6.45) is 10.5. The summed E-state index contributed by atoms with van der Waals surface area (Å²) in [7, 11) is 1.67. The molecule has 0 bridgehead atoms. The minimum atomic E-state index is -0.0122. The number of hydrogen-bond acceptors (Lipinski definition) is 5. The van der Waals surface area contributed by atoms with Crippen molar-refractivity contribution in [1.29, 1.82) is 0 Å². The third-order valence-electron chi connectivity index (χ3n) is 7.24. The highest BCUT2D eigenvalue weighted by Gasteiger charge is 2.24. The van der Waals surface area contributed by atoms with Crippen molar-refractivity contribution in [2.75, 3.05) is 20.3 Å². The molecule has 0 saturated carbocycles. The topological polar surface area (TPSA) is 65.4 Å². The van der Waals surface area contributed by atoms with Crippen LogP contribution in [0.2, 0.25) is 0 Å². The Labute approximate surface area is 217 Å². The van der Waals surface area contributed by atoms with Crippen molar-refractivity contribution in [2.45, 2.75) is 64.5 Å². The SMILES string of the molecule is COc1ccc(-c2nc(-c3cc(C(=O)NCCC4=CCCCC4)c(C)n3CC3CCCO3)cs2)cc1. The van der Waals surface area contributed by atoms with E-state index in [1.807, 2.05) is 37.3 Å². The molecule has 3 aromatic rings. The van der Waals surface area contributed by atoms with Gasteiger partial charge in [-0.3, -0.25) is 4.79 Å². The average molecular weight is 506 g/mol. The van der Waals surface area contributed by atoms with Gasteiger partial charge in [0.1, 0.15) is 10.8 Å². The van der Waals surface area contributed by atoms with Crippen LogP contribution >= 0.6 is 11.3 Å². The van der Waals surface area contributed by atoms with Gasteiger partial charge in [-0.1, -0.05) is 11.6 Å². The van der Waals surface area contributed by atoms with E-state index in [1.54, 1.807) is 18.4 Å². The highest BCUT2D eigenvalue weighted by molar-refractivity contribution is 7.13. The number of carbonyl (C=O) groups is 1. The smallest absolute Gasteiger partial charge is 0.253 e. The highest BCUT2D eigenvalue weighted by atomic mass is 32.1. The average Bonchev–Trinajstić information content (AvgIpc) is 3.67. The van der Waals surface area contributed by atoms with E-state index in [-0.39, 0.29) is 12.0 Å².